The van der Waals surface area contributed by atoms with Crippen molar-refractivity contribution in [2.75, 3.05) is 7.11 Å². The molecule has 0 saturated heterocycles. The second-order valence-electron chi connectivity index (χ2n) is 14.9. The third-order valence-corrected chi connectivity index (χ3v) is 13.4. The van der Waals surface area contributed by atoms with E-state index in [0.29, 0.717) is 35.2 Å². The van der Waals surface area contributed by atoms with Crippen LogP contribution in [0.1, 0.15) is 99.8 Å². The van der Waals surface area contributed by atoms with Crippen molar-refractivity contribution >= 4 is 11.8 Å². The molecular weight excluding hydrogens is 446 g/mol. The van der Waals surface area contributed by atoms with Crippen LogP contribution in [-0.4, -0.2) is 18.9 Å². The zero-order valence-electron chi connectivity index (χ0n) is 23.9. The molecule has 4 nitrogen and oxygen atoms in total. The van der Waals surface area contributed by atoms with Crippen LogP contribution in [0.5, 0.6) is 0 Å². The molecule has 0 N–H and O–H groups in total. The van der Waals surface area contributed by atoms with Crippen LogP contribution >= 0.6 is 0 Å². The highest BCUT2D eigenvalue weighted by atomic mass is 16.5. The maximum absolute atomic E-state index is 13.4. The van der Waals surface area contributed by atoms with Crippen LogP contribution in [0.4, 0.5) is 0 Å². The van der Waals surface area contributed by atoms with Crippen molar-refractivity contribution in [3.8, 4) is 6.07 Å². The van der Waals surface area contributed by atoms with E-state index in [-0.39, 0.29) is 39.3 Å². The van der Waals surface area contributed by atoms with Crippen LogP contribution in [0.25, 0.3) is 0 Å². The average Bonchev–Trinajstić information content (AvgIpc) is 3.22. The number of ketones is 1. The molecule has 5 aliphatic carbocycles. The van der Waals surface area contributed by atoms with Gasteiger partial charge in [-0.15, -0.1) is 0 Å². The molecule has 36 heavy (non-hydrogen) atoms. The number of nitrogens with zero attached hydrogens (tertiary/aromatic N) is 1. The second kappa shape index (κ2) is 7.94. The van der Waals surface area contributed by atoms with Crippen LogP contribution in [0, 0.1) is 73.9 Å². The molecule has 0 aromatic rings. The monoisotopic (exact) mass is 493 g/mol. The number of hydrogen-bond acceptors (Lipinski definition) is 4. The van der Waals surface area contributed by atoms with Crippen molar-refractivity contribution in [3.05, 3.63) is 11.6 Å². The maximum atomic E-state index is 13.4. The fourth-order valence-corrected chi connectivity index (χ4v) is 11.5. The number of hydrogen-bond donors (Lipinski definition) is 0. The predicted octanol–water partition coefficient (Wildman–Crippen LogP) is 7.14. The molecule has 0 heterocycles. The van der Waals surface area contributed by atoms with Crippen LogP contribution in [-0.2, 0) is 14.3 Å². The quantitative estimate of drug-likeness (QED) is 0.384. The first kappa shape index (κ1) is 26.0. The van der Waals surface area contributed by atoms with Crippen molar-refractivity contribution in [1.29, 1.82) is 5.26 Å². The van der Waals surface area contributed by atoms with E-state index in [1.165, 1.54) is 0 Å². The molecule has 9 atom stereocenters. The third kappa shape index (κ3) is 2.92. The lowest BCUT2D eigenvalue weighted by Crippen LogP contribution is -2.66. The zero-order valence-corrected chi connectivity index (χ0v) is 23.9. The highest BCUT2D eigenvalue weighted by Gasteiger charge is 2.72. The predicted molar refractivity (Wildman–Crippen MR) is 140 cm³/mol. The number of fused-ring (bicyclic) bond motifs is 7. The van der Waals surface area contributed by atoms with E-state index in [1.54, 1.807) is 7.11 Å². The van der Waals surface area contributed by atoms with E-state index < -0.39 is 5.41 Å². The Labute approximate surface area is 218 Å². The van der Waals surface area contributed by atoms with E-state index in [2.05, 4.69) is 60.6 Å². The number of methoxy groups -OCH3 is 1. The molecule has 4 saturated carbocycles. The zero-order chi connectivity index (χ0) is 26.5. The topological polar surface area (TPSA) is 67.2 Å². The smallest absolute Gasteiger partial charge is 0.312 e. The van der Waals surface area contributed by atoms with Gasteiger partial charge in [0, 0.05) is 5.41 Å². The normalized spacial score (nSPS) is 49.2. The summed E-state index contributed by atoms with van der Waals surface area (Å²) in [6, 6.07) is 2.27. The third-order valence-electron chi connectivity index (χ3n) is 13.4. The van der Waals surface area contributed by atoms with E-state index in [4.69, 9.17) is 4.74 Å². The average molecular weight is 494 g/mol. The Bertz CT molecular complexity index is 1050. The molecule has 4 heteroatoms. The van der Waals surface area contributed by atoms with Gasteiger partial charge < -0.3 is 4.74 Å². The van der Waals surface area contributed by atoms with Gasteiger partial charge in [0.2, 0.25) is 0 Å². The molecule has 5 aliphatic rings. The highest BCUT2D eigenvalue weighted by Crippen LogP contribution is 2.77. The summed E-state index contributed by atoms with van der Waals surface area (Å²) in [6.07, 6.45) is 10.6. The minimum Gasteiger partial charge on any atom is -0.469 e. The van der Waals surface area contributed by atoms with Gasteiger partial charge in [0.15, 0.2) is 5.78 Å². The first-order valence-corrected chi connectivity index (χ1v) is 14.5. The molecule has 0 amide bonds. The Morgan fingerprint density at radius 3 is 2.28 bits per heavy atom. The van der Waals surface area contributed by atoms with Gasteiger partial charge in [0.05, 0.1) is 18.1 Å². The number of allylic oxidation sites excluding steroid dienone is 2. The number of esters is 1. The number of carbonyl (C=O) groups excluding carboxylic acids is 2. The van der Waals surface area contributed by atoms with Gasteiger partial charge in [-0.05, 0) is 103 Å². The van der Waals surface area contributed by atoms with Crippen molar-refractivity contribution in [2.24, 2.45) is 62.6 Å². The SMILES string of the molecule is COC(=O)[C@]12CC[C@@H](C(C)C)[C@@H]1[C@H]1CC[C@@H]3[C@@]4(C)C=C(C#N)C(=O)C(C)(C)[C@@H]4CC[C@@]3(C)[C@]1(C)CC2. The van der Waals surface area contributed by atoms with Crippen LogP contribution in [0.2, 0.25) is 0 Å². The second-order valence-corrected chi connectivity index (χ2v) is 14.9. The summed E-state index contributed by atoms with van der Waals surface area (Å²) in [5, 5.41) is 9.90. The summed E-state index contributed by atoms with van der Waals surface area (Å²) >= 11 is 0. The van der Waals surface area contributed by atoms with Crippen molar-refractivity contribution < 1.29 is 14.3 Å². The van der Waals surface area contributed by atoms with Gasteiger partial charge in [0.1, 0.15) is 6.07 Å². The largest absolute Gasteiger partial charge is 0.469 e. The van der Waals surface area contributed by atoms with Crippen LogP contribution in [0.3, 0.4) is 0 Å². The molecule has 0 aromatic heterocycles. The Kier molecular flexibility index (Phi) is 5.73. The van der Waals surface area contributed by atoms with Gasteiger partial charge in [-0.25, -0.2) is 0 Å². The summed E-state index contributed by atoms with van der Waals surface area (Å²) in [6.45, 7) is 16.3. The number of nitriles is 1. The first-order valence-electron chi connectivity index (χ1n) is 14.5. The first-order chi connectivity index (χ1) is 16.7. The van der Waals surface area contributed by atoms with Gasteiger partial charge in [-0.2, -0.15) is 5.26 Å². The van der Waals surface area contributed by atoms with E-state index in [0.717, 1.165) is 51.4 Å². The summed E-state index contributed by atoms with van der Waals surface area (Å²) in [7, 11) is 1.58. The van der Waals surface area contributed by atoms with Gasteiger partial charge in [0.25, 0.3) is 0 Å². The van der Waals surface area contributed by atoms with Crippen LogP contribution in [0.15, 0.2) is 11.6 Å². The summed E-state index contributed by atoms with van der Waals surface area (Å²) in [5.41, 5.74) is -0.358. The summed E-state index contributed by atoms with van der Waals surface area (Å²) in [5.74, 6) is 2.80. The number of carbonyl (C=O) groups is 2. The summed E-state index contributed by atoms with van der Waals surface area (Å²) < 4.78 is 5.50. The van der Waals surface area contributed by atoms with E-state index in [1.807, 2.05) is 0 Å². The van der Waals surface area contributed by atoms with Crippen molar-refractivity contribution in [3.63, 3.8) is 0 Å². The van der Waals surface area contributed by atoms with Gasteiger partial charge in [-0.3, -0.25) is 9.59 Å². The Morgan fingerprint density at radius 1 is 0.972 bits per heavy atom. The molecule has 198 valence electrons. The fourth-order valence-electron chi connectivity index (χ4n) is 11.5. The minimum absolute atomic E-state index is 0.0298. The Hall–Kier alpha value is -1.63. The minimum atomic E-state index is -0.506. The number of Topliss-reactive ketones (excluding diaryl/α,β-unsaturated/α-hetero) is 1. The van der Waals surface area contributed by atoms with Gasteiger partial charge in [-0.1, -0.05) is 54.5 Å². The molecule has 0 aromatic carbocycles. The van der Waals surface area contributed by atoms with Gasteiger partial charge >= 0.3 is 5.97 Å². The number of rotatable bonds is 2. The molecular formula is C32H47NO3. The lowest BCUT2D eigenvalue weighted by molar-refractivity contribution is -0.224. The maximum Gasteiger partial charge on any atom is 0.312 e. The Morgan fingerprint density at radius 2 is 1.67 bits per heavy atom. The van der Waals surface area contributed by atoms with Crippen molar-refractivity contribution in [1.82, 2.24) is 0 Å². The molecule has 5 rings (SSSR count). The summed E-state index contributed by atoms with van der Waals surface area (Å²) in [4.78, 5) is 26.6. The van der Waals surface area contributed by atoms with Crippen molar-refractivity contribution in [2.45, 2.75) is 99.8 Å². The molecule has 0 spiro atoms. The fraction of sp³-hybridized carbons (Fsp3) is 0.844. The molecule has 0 unspecified atom stereocenters. The standard InChI is InChI=1S/C32H47NO3/c1-19(2)21-11-14-32(27(35)36-8)16-15-30(6)22(25(21)32)9-10-24-29(5)17-20(18-33)26(34)28(3,4)23(29)12-13-31(24,30)7/h17,19,21-25H,9-16H2,1-8H3/t21-,22+,23-,24+,25+,29-,30+,31+,32-/m0/s1. The molecule has 4 fully saturated rings. The van der Waals surface area contributed by atoms with Crippen LogP contribution < -0.4 is 0 Å². The lowest BCUT2D eigenvalue weighted by atomic mass is 9.32. The highest BCUT2D eigenvalue weighted by molar-refractivity contribution is 6.04. The van der Waals surface area contributed by atoms with E-state index in [9.17, 15) is 14.9 Å². The molecule has 0 aliphatic heterocycles. The lowest BCUT2D eigenvalue weighted by Gasteiger charge is -2.71. The Balaban J connectivity index is 1.61. The molecule has 0 bridgehead atoms. The number of ether oxygens (including phenoxy) is 1. The molecule has 0 radical (unpaired) electrons. The van der Waals surface area contributed by atoms with E-state index >= 15 is 0 Å².